The fourth-order valence-corrected chi connectivity index (χ4v) is 1.82. The zero-order valence-electron chi connectivity index (χ0n) is 9.21. The van der Waals surface area contributed by atoms with E-state index in [0.717, 1.165) is 11.1 Å². The molecule has 0 radical (unpaired) electrons. The Labute approximate surface area is 104 Å². The first-order valence-corrected chi connectivity index (χ1v) is 5.51. The van der Waals surface area contributed by atoms with Crippen molar-refractivity contribution in [2.45, 2.75) is 6.92 Å². The van der Waals surface area contributed by atoms with E-state index in [9.17, 15) is 9.18 Å². The van der Waals surface area contributed by atoms with Crippen LogP contribution in [0.25, 0.3) is 11.1 Å². The van der Waals surface area contributed by atoms with Crippen molar-refractivity contribution in [3.8, 4) is 11.1 Å². The molecular weight excluding hydrogens is 239 g/mol. The largest absolute Gasteiger partial charge is 0.298 e. The highest BCUT2D eigenvalue weighted by Crippen LogP contribution is 2.27. The summed E-state index contributed by atoms with van der Waals surface area (Å²) in [7, 11) is 0. The van der Waals surface area contributed by atoms with E-state index in [0.29, 0.717) is 22.4 Å². The second-order valence-corrected chi connectivity index (χ2v) is 4.22. The van der Waals surface area contributed by atoms with E-state index in [2.05, 4.69) is 0 Å². The number of rotatable bonds is 2. The minimum absolute atomic E-state index is 0.373. The molecule has 2 rings (SSSR count). The van der Waals surface area contributed by atoms with E-state index in [1.807, 2.05) is 19.1 Å². The molecule has 0 saturated carbocycles. The Morgan fingerprint density at radius 1 is 1.18 bits per heavy atom. The molecule has 0 saturated heterocycles. The van der Waals surface area contributed by atoms with Gasteiger partial charge in [0.25, 0.3) is 0 Å². The summed E-state index contributed by atoms with van der Waals surface area (Å²) in [5.41, 5.74) is 2.69. The van der Waals surface area contributed by atoms with Gasteiger partial charge in [0.1, 0.15) is 5.82 Å². The molecule has 17 heavy (non-hydrogen) atoms. The number of aldehydes is 1. The number of halogens is 2. The van der Waals surface area contributed by atoms with Crippen LogP contribution in [0.2, 0.25) is 5.02 Å². The molecule has 0 N–H and O–H groups in total. The first kappa shape index (κ1) is 11.8. The molecular formula is C14H10ClFO. The number of hydrogen-bond acceptors (Lipinski definition) is 1. The third kappa shape index (κ3) is 2.37. The van der Waals surface area contributed by atoms with Gasteiger partial charge in [-0.25, -0.2) is 4.39 Å². The van der Waals surface area contributed by atoms with Crippen molar-refractivity contribution < 1.29 is 9.18 Å². The molecule has 0 aliphatic rings. The second kappa shape index (κ2) is 4.68. The van der Waals surface area contributed by atoms with Gasteiger partial charge in [-0.1, -0.05) is 23.7 Å². The van der Waals surface area contributed by atoms with Crippen molar-refractivity contribution in [1.29, 1.82) is 0 Å². The average molecular weight is 249 g/mol. The lowest BCUT2D eigenvalue weighted by molar-refractivity contribution is 0.112. The Balaban J connectivity index is 2.62. The molecule has 0 fully saturated rings. The summed E-state index contributed by atoms with van der Waals surface area (Å²) >= 11 is 6.02. The third-order valence-electron chi connectivity index (χ3n) is 2.63. The summed E-state index contributed by atoms with van der Waals surface area (Å²) in [6.07, 6.45) is 0.711. The maximum absolute atomic E-state index is 13.2. The van der Waals surface area contributed by atoms with Gasteiger partial charge >= 0.3 is 0 Å². The van der Waals surface area contributed by atoms with E-state index < -0.39 is 0 Å². The molecule has 0 aliphatic carbocycles. The van der Waals surface area contributed by atoms with E-state index in [4.69, 9.17) is 11.6 Å². The maximum Gasteiger partial charge on any atom is 0.150 e. The smallest absolute Gasteiger partial charge is 0.150 e. The second-order valence-electron chi connectivity index (χ2n) is 3.81. The average Bonchev–Trinajstić information content (AvgIpc) is 2.32. The van der Waals surface area contributed by atoms with Crippen LogP contribution < -0.4 is 0 Å². The Kier molecular flexibility index (Phi) is 3.25. The molecule has 0 amide bonds. The summed E-state index contributed by atoms with van der Waals surface area (Å²) in [6.45, 7) is 1.89. The van der Waals surface area contributed by atoms with E-state index in [1.54, 1.807) is 6.07 Å². The number of hydrogen-bond donors (Lipinski definition) is 0. The SMILES string of the molecule is Cc1ccc(-c2cc(F)ccc2C=O)cc1Cl. The summed E-state index contributed by atoms with van der Waals surface area (Å²) < 4.78 is 13.2. The molecule has 2 aromatic rings. The van der Waals surface area contributed by atoms with Crippen LogP contribution in [0.15, 0.2) is 36.4 Å². The van der Waals surface area contributed by atoms with Gasteiger partial charge in [0.05, 0.1) is 0 Å². The zero-order chi connectivity index (χ0) is 12.4. The predicted molar refractivity (Wildman–Crippen MR) is 67.0 cm³/mol. The number of carbonyl (C=O) groups excluding carboxylic acids is 1. The number of aryl methyl sites for hydroxylation is 1. The zero-order valence-corrected chi connectivity index (χ0v) is 9.96. The van der Waals surface area contributed by atoms with Crippen molar-refractivity contribution in [2.24, 2.45) is 0 Å². The van der Waals surface area contributed by atoms with E-state index >= 15 is 0 Å². The van der Waals surface area contributed by atoms with Crippen LogP contribution >= 0.6 is 11.6 Å². The van der Waals surface area contributed by atoms with E-state index in [-0.39, 0.29) is 5.82 Å². The van der Waals surface area contributed by atoms with Crippen molar-refractivity contribution >= 4 is 17.9 Å². The van der Waals surface area contributed by atoms with Crippen molar-refractivity contribution in [3.63, 3.8) is 0 Å². The monoisotopic (exact) mass is 248 g/mol. The highest BCUT2D eigenvalue weighted by atomic mass is 35.5. The van der Waals surface area contributed by atoms with Crippen molar-refractivity contribution in [3.05, 3.63) is 58.4 Å². The van der Waals surface area contributed by atoms with E-state index in [1.165, 1.54) is 18.2 Å². The lowest BCUT2D eigenvalue weighted by Crippen LogP contribution is -1.89. The fourth-order valence-electron chi connectivity index (χ4n) is 1.64. The number of carbonyl (C=O) groups is 1. The predicted octanol–water partition coefficient (Wildman–Crippen LogP) is 4.27. The Bertz CT molecular complexity index is 578. The Hall–Kier alpha value is -1.67. The fraction of sp³-hybridized carbons (Fsp3) is 0.0714. The molecule has 0 aliphatic heterocycles. The molecule has 0 aromatic heterocycles. The maximum atomic E-state index is 13.2. The molecule has 0 atom stereocenters. The van der Waals surface area contributed by atoms with Crippen LogP contribution in [0.5, 0.6) is 0 Å². The summed E-state index contributed by atoms with van der Waals surface area (Å²) in [5, 5.41) is 0.601. The minimum Gasteiger partial charge on any atom is -0.298 e. The summed E-state index contributed by atoms with van der Waals surface area (Å²) in [6, 6.07) is 9.47. The van der Waals surface area contributed by atoms with Gasteiger partial charge in [-0.2, -0.15) is 0 Å². The molecule has 2 aromatic carbocycles. The Morgan fingerprint density at radius 3 is 2.59 bits per heavy atom. The Morgan fingerprint density at radius 2 is 1.94 bits per heavy atom. The summed E-state index contributed by atoms with van der Waals surface area (Å²) in [5.74, 6) is -0.373. The molecule has 0 unspecified atom stereocenters. The number of benzene rings is 2. The highest BCUT2D eigenvalue weighted by Gasteiger charge is 2.07. The van der Waals surface area contributed by atoms with Crippen LogP contribution in [0.1, 0.15) is 15.9 Å². The van der Waals surface area contributed by atoms with Crippen LogP contribution in [0, 0.1) is 12.7 Å². The third-order valence-corrected chi connectivity index (χ3v) is 3.03. The van der Waals surface area contributed by atoms with Gasteiger partial charge in [0.2, 0.25) is 0 Å². The normalized spacial score (nSPS) is 10.3. The van der Waals surface area contributed by atoms with Gasteiger partial charge in [-0.15, -0.1) is 0 Å². The molecule has 0 heterocycles. The molecule has 3 heteroatoms. The van der Waals surface area contributed by atoms with Crippen LogP contribution in [-0.4, -0.2) is 6.29 Å². The van der Waals surface area contributed by atoms with Crippen LogP contribution in [0.4, 0.5) is 4.39 Å². The molecule has 86 valence electrons. The highest BCUT2D eigenvalue weighted by molar-refractivity contribution is 6.31. The van der Waals surface area contributed by atoms with Gasteiger partial charge in [-0.05, 0) is 47.9 Å². The van der Waals surface area contributed by atoms with Crippen molar-refractivity contribution in [1.82, 2.24) is 0 Å². The first-order valence-electron chi connectivity index (χ1n) is 5.13. The van der Waals surface area contributed by atoms with Gasteiger partial charge in [-0.3, -0.25) is 4.79 Å². The van der Waals surface area contributed by atoms with Crippen LogP contribution in [0.3, 0.4) is 0 Å². The molecule has 1 nitrogen and oxygen atoms in total. The van der Waals surface area contributed by atoms with Gasteiger partial charge in [0.15, 0.2) is 6.29 Å². The van der Waals surface area contributed by atoms with Gasteiger partial charge < -0.3 is 0 Å². The van der Waals surface area contributed by atoms with Gasteiger partial charge in [0, 0.05) is 10.6 Å². The molecule has 0 bridgehead atoms. The molecule has 0 spiro atoms. The lowest BCUT2D eigenvalue weighted by Gasteiger charge is -2.07. The van der Waals surface area contributed by atoms with Crippen molar-refractivity contribution in [2.75, 3.05) is 0 Å². The quantitative estimate of drug-likeness (QED) is 0.726. The topological polar surface area (TPSA) is 17.1 Å². The van der Waals surface area contributed by atoms with Crippen LogP contribution in [-0.2, 0) is 0 Å². The lowest BCUT2D eigenvalue weighted by atomic mass is 9.99. The standard InChI is InChI=1S/C14H10ClFO/c1-9-2-3-10(6-14(9)15)13-7-12(16)5-4-11(13)8-17/h2-8H,1H3. The summed E-state index contributed by atoms with van der Waals surface area (Å²) in [4.78, 5) is 10.9. The first-order chi connectivity index (χ1) is 8.11. The minimum atomic E-state index is -0.373.